The number of rotatable bonds is 9. The summed E-state index contributed by atoms with van der Waals surface area (Å²) >= 11 is 1.80. The number of para-hydroxylation sites is 2. The predicted molar refractivity (Wildman–Crippen MR) is 124 cm³/mol. The third kappa shape index (κ3) is 5.80. The fourth-order valence-electron chi connectivity index (χ4n) is 3.04. The van der Waals surface area contributed by atoms with Crippen LogP contribution in [0.5, 0.6) is 11.5 Å². The van der Waals surface area contributed by atoms with Crippen LogP contribution in [0.4, 0.5) is 5.69 Å². The fourth-order valence-corrected chi connectivity index (χ4v) is 3.91. The van der Waals surface area contributed by atoms with Gasteiger partial charge in [-0.3, -0.25) is 4.79 Å². The normalized spacial score (nSPS) is 11.6. The molecular weight excluding hydrogens is 394 g/mol. The second-order valence-electron chi connectivity index (χ2n) is 6.91. The van der Waals surface area contributed by atoms with Crippen LogP contribution in [0.1, 0.15) is 24.5 Å². The molecule has 0 heterocycles. The van der Waals surface area contributed by atoms with Crippen LogP contribution in [0.2, 0.25) is 0 Å². The maximum Gasteiger partial charge on any atom is 0.265 e. The van der Waals surface area contributed by atoms with E-state index in [2.05, 4.69) is 29.6 Å². The highest BCUT2D eigenvalue weighted by atomic mass is 32.2. The molecule has 0 saturated heterocycles. The maximum atomic E-state index is 12.8. The molecule has 4 nitrogen and oxygen atoms in total. The molecule has 1 N–H and O–H groups in total. The average Bonchev–Trinajstić information content (AvgIpc) is 2.78. The van der Waals surface area contributed by atoms with Gasteiger partial charge in [-0.1, -0.05) is 49.4 Å². The Labute approximate surface area is 182 Å². The summed E-state index contributed by atoms with van der Waals surface area (Å²) in [6, 6.07) is 23.8. The number of amides is 1. The monoisotopic (exact) mass is 421 g/mol. The number of nitrogens with one attached hydrogen (secondary N) is 1. The van der Waals surface area contributed by atoms with Gasteiger partial charge in [0.05, 0.1) is 7.11 Å². The minimum Gasteiger partial charge on any atom is -0.493 e. The topological polar surface area (TPSA) is 47.6 Å². The van der Waals surface area contributed by atoms with Crippen LogP contribution in [0.3, 0.4) is 0 Å². The van der Waals surface area contributed by atoms with Crippen molar-refractivity contribution in [3.05, 3.63) is 83.9 Å². The summed E-state index contributed by atoms with van der Waals surface area (Å²) in [5.74, 6) is 1.89. The maximum absolute atomic E-state index is 12.8. The minimum absolute atomic E-state index is 0.169. The number of methoxy groups -OCH3 is 1. The van der Waals surface area contributed by atoms with E-state index < -0.39 is 6.10 Å². The number of benzene rings is 3. The van der Waals surface area contributed by atoms with E-state index in [1.54, 1.807) is 24.9 Å². The first-order valence-corrected chi connectivity index (χ1v) is 11.0. The van der Waals surface area contributed by atoms with Gasteiger partial charge in [0, 0.05) is 16.3 Å². The van der Waals surface area contributed by atoms with Crippen molar-refractivity contribution in [2.45, 2.75) is 37.0 Å². The second-order valence-corrected chi connectivity index (χ2v) is 7.95. The predicted octanol–water partition coefficient (Wildman–Crippen LogP) is 6.09. The van der Waals surface area contributed by atoms with Crippen LogP contribution in [0, 0.1) is 6.92 Å². The average molecular weight is 422 g/mol. The Bertz CT molecular complexity index is 975. The second kappa shape index (κ2) is 10.7. The van der Waals surface area contributed by atoms with E-state index >= 15 is 0 Å². The number of hydrogen-bond donors (Lipinski definition) is 1. The molecule has 0 aromatic heterocycles. The molecule has 156 valence electrons. The molecular formula is C25H27NO3S. The third-order valence-electron chi connectivity index (χ3n) is 4.70. The van der Waals surface area contributed by atoms with Crippen LogP contribution in [-0.2, 0) is 10.5 Å². The summed E-state index contributed by atoms with van der Waals surface area (Å²) in [6.07, 6.45) is -0.0524. The van der Waals surface area contributed by atoms with Gasteiger partial charge in [0.15, 0.2) is 17.6 Å². The standard InChI is InChI=1S/C25H27NO3S/c1-4-22(29-24-13-9-8-12-23(24)28-3)25(27)26-21-15-14-19(16-18(21)2)17-30-20-10-6-5-7-11-20/h5-16,22H,4,17H2,1-3H3,(H,26,27)/t22-/m1/s1. The quantitative estimate of drug-likeness (QED) is 0.425. The zero-order valence-corrected chi connectivity index (χ0v) is 18.4. The molecule has 3 aromatic carbocycles. The SMILES string of the molecule is CC[C@@H](Oc1ccccc1OC)C(=O)Nc1ccc(CSc2ccccc2)cc1C. The summed E-state index contributed by atoms with van der Waals surface area (Å²) in [5, 5.41) is 3.01. The van der Waals surface area contributed by atoms with Gasteiger partial charge >= 0.3 is 0 Å². The highest BCUT2D eigenvalue weighted by Crippen LogP contribution is 2.28. The van der Waals surface area contributed by atoms with Crippen molar-refractivity contribution < 1.29 is 14.3 Å². The lowest BCUT2D eigenvalue weighted by Crippen LogP contribution is -2.32. The Morgan fingerprint density at radius 2 is 1.70 bits per heavy atom. The number of carbonyl (C=O) groups is 1. The summed E-state index contributed by atoms with van der Waals surface area (Å²) in [7, 11) is 1.59. The lowest BCUT2D eigenvalue weighted by Gasteiger charge is -2.19. The molecule has 0 fully saturated rings. The Balaban J connectivity index is 1.63. The van der Waals surface area contributed by atoms with Gasteiger partial charge in [-0.15, -0.1) is 11.8 Å². The molecule has 0 saturated carbocycles. The van der Waals surface area contributed by atoms with E-state index in [1.165, 1.54) is 10.5 Å². The fraction of sp³-hybridized carbons (Fsp3) is 0.240. The van der Waals surface area contributed by atoms with Gasteiger partial charge in [0.25, 0.3) is 5.91 Å². The van der Waals surface area contributed by atoms with Gasteiger partial charge < -0.3 is 14.8 Å². The Hall–Kier alpha value is -2.92. The van der Waals surface area contributed by atoms with E-state index in [4.69, 9.17) is 9.47 Å². The summed E-state index contributed by atoms with van der Waals surface area (Å²) in [4.78, 5) is 14.1. The number of aryl methyl sites for hydroxylation is 1. The van der Waals surface area contributed by atoms with Crippen LogP contribution in [0.15, 0.2) is 77.7 Å². The molecule has 0 aliphatic heterocycles. The lowest BCUT2D eigenvalue weighted by atomic mass is 10.1. The molecule has 3 rings (SSSR count). The number of hydrogen-bond acceptors (Lipinski definition) is 4. The molecule has 1 atom stereocenters. The molecule has 0 aliphatic carbocycles. The molecule has 0 aliphatic rings. The molecule has 30 heavy (non-hydrogen) atoms. The highest BCUT2D eigenvalue weighted by molar-refractivity contribution is 7.98. The molecule has 1 amide bonds. The molecule has 3 aromatic rings. The Morgan fingerprint density at radius 1 is 1.00 bits per heavy atom. The van der Waals surface area contributed by atoms with Crippen molar-refractivity contribution in [1.29, 1.82) is 0 Å². The number of anilines is 1. The summed E-state index contributed by atoms with van der Waals surface area (Å²) < 4.78 is 11.2. The molecule has 5 heteroatoms. The van der Waals surface area contributed by atoms with Crippen LogP contribution in [-0.4, -0.2) is 19.1 Å². The highest BCUT2D eigenvalue weighted by Gasteiger charge is 2.20. The molecule has 0 radical (unpaired) electrons. The van der Waals surface area contributed by atoms with Gasteiger partial charge in [0.1, 0.15) is 0 Å². The number of ether oxygens (including phenoxy) is 2. The van der Waals surface area contributed by atoms with E-state index in [0.29, 0.717) is 17.9 Å². The molecule has 0 bridgehead atoms. The van der Waals surface area contributed by atoms with Crippen molar-refractivity contribution >= 4 is 23.4 Å². The van der Waals surface area contributed by atoms with Crippen LogP contribution in [0.25, 0.3) is 0 Å². The summed E-state index contributed by atoms with van der Waals surface area (Å²) in [6.45, 7) is 3.94. The third-order valence-corrected chi connectivity index (χ3v) is 5.78. The first kappa shape index (κ1) is 21.8. The van der Waals surface area contributed by atoms with Crippen LogP contribution >= 0.6 is 11.8 Å². The van der Waals surface area contributed by atoms with Crippen molar-refractivity contribution in [2.75, 3.05) is 12.4 Å². The van der Waals surface area contributed by atoms with Crippen LogP contribution < -0.4 is 14.8 Å². The molecule has 0 spiro atoms. The van der Waals surface area contributed by atoms with E-state index in [-0.39, 0.29) is 5.91 Å². The minimum atomic E-state index is -0.603. The largest absolute Gasteiger partial charge is 0.493 e. The first-order valence-electron chi connectivity index (χ1n) is 9.98. The van der Waals surface area contributed by atoms with E-state index in [1.807, 2.05) is 56.3 Å². The van der Waals surface area contributed by atoms with E-state index in [9.17, 15) is 4.79 Å². The van der Waals surface area contributed by atoms with Crippen molar-refractivity contribution in [1.82, 2.24) is 0 Å². The zero-order chi connectivity index (χ0) is 21.3. The Kier molecular flexibility index (Phi) is 7.80. The summed E-state index contributed by atoms with van der Waals surface area (Å²) in [5.41, 5.74) is 3.05. The van der Waals surface area contributed by atoms with Gasteiger partial charge in [-0.2, -0.15) is 0 Å². The smallest absolute Gasteiger partial charge is 0.265 e. The van der Waals surface area contributed by atoms with Gasteiger partial charge in [-0.25, -0.2) is 0 Å². The van der Waals surface area contributed by atoms with E-state index in [0.717, 1.165) is 17.0 Å². The molecule has 0 unspecified atom stereocenters. The van der Waals surface area contributed by atoms with Crippen molar-refractivity contribution in [3.63, 3.8) is 0 Å². The number of carbonyl (C=O) groups excluding carboxylic acids is 1. The van der Waals surface area contributed by atoms with Gasteiger partial charge in [-0.05, 0) is 54.8 Å². The van der Waals surface area contributed by atoms with Gasteiger partial charge in [0.2, 0.25) is 0 Å². The lowest BCUT2D eigenvalue weighted by molar-refractivity contribution is -0.122. The van der Waals surface area contributed by atoms with Crippen molar-refractivity contribution in [2.24, 2.45) is 0 Å². The van der Waals surface area contributed by atoms with Crippen molar-refractivity contribution in [3.8, 4) is 11.5 Å². The number of thioether (sulfide) groups is 1. The zero-order valence-electron chi connectivity index (χ0n) is 17.6. The first-order chi connectivity index (χ1) is 14.6. The Morgan fingerprint density at radius 3 is 2.37 bits per heavy atom.